The van der Waals surface area contributed by atoms with Crippen molar-refractivity contribution in [2.24, 2.45) is 52.3 Å². The summed E-state index contributed by atoms with van der Waals surface area (Å²) >= 11 is 6.27. The normalized spacial score (nSPS) is 41.3. The largest absolute Gasteiger partial charge is 0.477 e. The second kappa shape index (κ2) is 9.89. The number of aromatic nitrogens is 1. The topological polar surface area (TPSA) is 45.9 Å². The quantitative estimate of drug-likeness (QED) is 0.395. The lowest BCUT2D eigenvalue weighted by Gasteiger charge is -2.63. The molecule has 0 bridgehead atoms. The molecule has 1 heterocycles. The summed E-state index contributed by atoms with van der Waals surface area (Å²) in [6.07, 6.45) is 17.1. The van der Waals surface area contributed by atoms with Crippen LogP contribution in [0.25, 0.3) is 0 Å². The number of rotatable bonds is 6. The Balaban J connectivity index is 1.26. The molecule has 0 aliphatic heterocycles. The highest BCUT2D eigenvalue weighted by molar-refractivity contribution is 6.31. The first-order chi connectivity index (χ1) is 16.8. The summed E-state index contributed by atoms with van der Waals surface area (Å²) < 4.78 is 5.97. The third-order valence-corrected chi connectivity index (χ3v) is 12.1. The number of fused-ring (bicyclic) bond motifs is 5. The van der Waals surface area contributed by atoms with Crippen molar-refractivity contribution in [1.29, 1.82) is 5.26 Å². The van der Waals surface area contributed by atoms with E-state index in [0.717, 1.165) is 41.9 Å². The van der Waals surface area contributed by atoms with Crippen LogP contribution in [0.5, 0.6) is 5.88 Å². The molecule has 192 valence electrons. The molecule has 0 amide bonds. The standard InChI is InChI=1S/C31H45ClN2O/c1-5-22-17-23-26-10-9-24(20(2)12-15-35-29-28(32)16-21(18-33)19-34-29)31(26,4)14-11-27(23)30(3)13-7-6-8-25(22)30/h16,19-20,22-27H,5-15,17H2,1-4H3/t20-,22+,23?,24?,25?,26?,27+,30?,31?/m1/s1. The van der Waals surface area contributed by atoms with Crippen LogP contribution in [0.3, 0.4) is 0 Å². The summed E-state index contributed by atoms with van der Waals surface area (Å²) in [5.41, 5.74) is 1.56. The number of nitrogens with zero attached hydrogens (tertiary/aromatic N) is 2. The van der Waals surface area contributed by atoms with Gasteiger partial charge >= 0.3 is 0 Å². The van der Waals surface area contributed by atoms with Crippen LogP contribution in [-0.2, 0) is 0 Å². The molecule has 4 aliphatic rings. The number of halogens is 1. The molecule has 0 aromatic carbocycles. The monoisotopic (exact) mass is 496 g/mol. The fraction of sp³-hybridized carbons (Fsp3) is 0.806. The lowest BCUT2D eigenvalue weighted by atomic mass is 9.42. The smallest absolute Gasteiger partial charge is 0.232 e. The lowest BCUT2D eigenvalue weighted by Crippen LogP contribution is -2.55. The highest BCUT2D eigenvalue weighted by Crippen LogP contribution is 2.69. The zero-order valence-corrected chi connectivity index (χ0v) is 23.1. The molecule has 3 nitrogen and oxygen atoms in total. The van der Waals surface area contributed by atoms with E-state index < -0.39 is 0 Å². The van der Waals surface area contributed by atoms with Gasteiger partial charge in [-0.1, -0.05) is 58.6 Å². The molecule has 0 N–H and O–H groups in total. The summed E-state index contributed by atoms with van der Waals surface area (Å²) in [7, 11) is 0. The average Bonchev–Trinajstić information content (AvgIpc) is 3.21. The van der Waals surface area contributed by atoms with Gasteiger partial charge in [0.15, 0.2) is 0 Å². The van der Waals surface area contributed by atoms with Crippen LogP contribution in [-0.4, -0.2) is 11.6 Å². The minimum atomic E-state index is 0.431. The minimum absolute atomic E-state index is 0.431. The van der Waals surface area contributed by atoms with Gasteiger partial charge in [-0.15, -0.1) is 0 Å². The third-order valence-electron chi connectivity index (χ3n) is 11.8. The van der Waals surface area contributed by atoms with Gasteiger partial charge in [-0.05, 0) is 110 Å². The molecule has 0 radical (unpaired) electrons. The first kappa shape index (κ1) is 25.4. The Morgan fingerprint density at radius 1 is 1.11 bits per heavy atom. The van der Waals surface area contributed by atoms with Gasteiger partial charge in [0.05, 0.1) is 12.2 Å². The maximum absolute atomic E-state index is 9.02. The zero-order chi connectivity index (χ0) is 24.8. The Hall–Kier alpha value is -1.27. The van der Waals surface area contributed by atoms with Crippen LogP contribution in [0.2, 0.25) is 5.02 Å². The van der Waals surface area contributed by atoms with Crippen LogP contribution in [0, 0.1) is 63.6 Å². The van der Waals surface area contributed by atoms with Crippen LogP contribution in [0.1, 0.15) is 104 Å². The van der Waals surface area contributed by atoms with Crippen molar-refractivity contribution < 1.29 is 4.74 Å². The van der Waals surface area contributed by atoms with Crippen molar-refractivity contribution in [1.82, 2.24) is 4.98 Å². The van der Waals surface area contributed by atoms with Gasteiger partial charge in [-0.25, -0.2) is 4.98 Å². The van der Waals surface area contributed by atoms with Gasteiger partial charge in [0.2, 0.25) is 5.88 Å². The number of hydrogen-bond acceptors (Lipinski definition) is 3. The molecule has 1 aromatic rings. The van der Waals surface area contributed by atoms with E-state index >= 15 is 0 Å². The van der Waals surface area contributed by atoms with Crippen molar-refractivity contribution in [2.45, 2.75) is 98.3 Å². The number of ether oxygens (including phenoxy) is 1. The molecule has 35 heavy (non-hydrogen) atoms. The number of nitriles is 1. The second-order valence-corrected chi connectivity index (χ2v) is 13.5. The van der Waals surface area contributed by atoms with Crippen molar-refractivity contribution in [2.75, 3.05) is 6.61 Å². The molecule has 4 saturated carbocycles. The summed E-state index contributed by atoms with van der Waals surface area (Å²) in [4.78, 5) is 4.25. The van der Waals surface area contributed by atoms with Gasteiger partial charge in [0.1, 0.15) is 11.1 Å². The molecular weight excluding hydrogens is 452 g/mol. The van der Waals surface area contributed by atoms with Crippen LogP contribution >= 0.6 is 11.6 Å². The highest BCUT2D eigenvalue weighted by atomic mass is 35.5. The maximum atomic E-state index is 9.02. The molecule has 5 rings (SSSR count). The average molecular weight is 497 g/mol. The van der Waals surface area contributed by atoms with E-state index in [1.165, 1.54) is 70.4 Å². The van der Waals surface area contributed by atoms with Crippen LogP contribution in [0.4, 0.5) is 0 Å². The Labute approximate surface area is 218 Å². The minimum Gasteiger partial charge on any atom is -0.477 e. The SMILES string of the molecule is CC[C@H]1CC2C3CCC([C@H](C)CCOc4ncc(C#N)cc4Cl)C3(C)CC[C@@H]2C2(C)CCCCC12. The number of hydrogen-bond donors (Lipinski definition) is 0. The van der Waals surface area contributed by atoms with Gasteiger partial charge < -0.3 is 4.74 Å². The van der Waals surface area contributed by atoms with Gasteiger partial charge in [0, 0.05) is 6.20 Å². The van der Waals surface area contributed by atoms with Crippen molar-refractivity contribution in [3.05, 3.63) is 22.8 Å². The summed E-state index contributed by atoms with van der Waals surface area (Å²) in [5.74, 6) is 6.67. The maximum Gasteiger partial charge on any atom is 0.232 e. The summed E-state index contributed by atoms with van der Waals surface area (Å²) in [6.45, 7) is 10.9. The Morgan fingerprint density at radius 3 is 2.66 bits per heavy atom. The van der Waals surface area contributed by atoms with E-state index in [9.17, 15) is 0 Å². The van der Waals surface area contributed by atoms with Crippen molar-refractivity contribution in [3.8, 4) is 11.9 Å². The summed E-state index contributed by atoms with van der Waals surface area (Å²) in [6, 6.07) is 3.72. The lowest BCUT2D eigenvalue weighted by molar-refractivity contribution is -0.138. The fourth-order valence-electron chi connectivity index (χ4n) is 10.1. The van der Waals surface area contributed by atoms with E-state index in [1.807, 2.05) is 0 Å². The van der Waals surface area contributed by atoms with E-state index in [4.69, 9.17) is 21.6 Å². The highest BCUT2D eigenvalue weighted by Gasteiger charge is 2.61. The molecule has 0 spiro atoms. The zero-order valence-electron chi connectivity index (χ0n) is 22.4. The second-order valence-electron chi connectivity index (χ2n) is 13.1. The third kappa shape index (κ3) is 4.31. The molecule has 4 aliphatic carbocycles. The van der Waals surface area contributed by atoms with Crippen LogP contribution < -0.4 is 4.74 Å². The van der Waals surface area contributed by atoms with E-state index in [-0.39, 0.29) is 0 Å². The molecule has 9 atom stereocenters. The molecule has 0 saturated heterocycles. The van der Waals surface area contributed by atoms with Crippen molar-refractivity contribution >= 4 is 11.6 Å². The molecule has 1 aromatic heterocycles. The molecule has 4 fully saturated rings. The Bertz CT molecular complexity index is 958. The van der Waals surface area contributed by atoms with Gasteiger partial charge in [-0.2, -0.15) is 5.26 Å². The van der Waals surface area contributed by atoms with Gasteiger partial charge in [-0.3, -0.25) is 0 Å². The first-order valence-corrected chi connectivity index (χ1v) is 14.9. The predicted octanol–water partition coefficient (Wildman–Crippen LogP) is 8.70. The predicted molar refractivity (Wildman–Crippen MR) is 142 cm³/mol. The Morgan fingerprint density at radius 2 is 1.91 bits per heavy atom. The molecular formula is C31H45ClN2O. The summed E-state index contributed by atoms with van der Waals surface area (Å²) in [5, 5.41) is 9.46. The van der Waals surface area contributed by atoms with E-state index in [1.54, 1.807) is 6.07 Å². The fourth-order valence-corrected chi connectivity index (χ4v) is 10.4. The van der Waals surface area contributed by atoms with E-state index in [2.05, 4.69) is 38.7 Å². The molecule has 4 heteroatoms. The first-order valence-electron chi connectivity index (χ1n) is 14.5. The molecule has 6 unspecified atom stereocenters. The number of pyridine rings is 1. The van der Waals surface area contributed by atoms with Crippen LogP contribution in [0.15, 0.2) is 12.3 Å². The van der Waals surface area contributed by atoms with Gasteiger partial charge in [0.25, 0.3) is 0 Å². The van der Waals surface area contributed by atoms with Crippen molar-refractivity contribution in [3.63, 3.8) is 0 Å². The Kier molecular flexibility index (Phi) is 7.17. The van der Waals surface area contributed by atoms with E-state index in [0.29, 0.717) is 39.8 Å².